The lowest BCUT2D eigenvalue weighted by Crippen LogP contribution is -2.38. The normalized spacial score (nSPS) is 15.1. The van der Waals surface area contributed by atoms with Crippen LogP contribution in [0.25, 0.3) is 10.2 Å². The maximum atomic E-state index is 13.3. The number of halogens is 2. The molecule has 0 unspecified atom stereocenters. The summed E-state index contributed by atoms with van der Waals surface area (Å²) in [5.74, 6) is 0.408. The minimum Gasteiger partial charge on any atom is -0.309 e. The number of rotatable bonds is 6. The topological polar surface area (TPSA) is 36.4 Å². The van der Waals surface area contributed by atoms with Crippen LogP contribution >= 0.6 is 35.3 Å². The van der Waals surface area contributed by atoms with Gasteiger partial charge in [0.1, 0.15) is 0 Å². The highest BCUT2D eigenvalue weighted by molar-refractivity contribution is 7.22. The van der Waals surface area contributed by atoms with Gasteiger partial charge in [0, 0.05) is 17.5 Å². The molecule has 3 rings (SSSR count). The van der Waals surface area contributed by atoms with Crippen LogP contribution in [0.4, 0.5) is 5.13 Å². The van der Waals surface area contributed by atoms with E-state index in [1.165, 1.54) is 6.42 Å². The number of fused-ring (bicyclic) bond motifs is 1. The molecule has 4 nitrogen and oxygen atoms in total. The lowest BCUT2D eigenvalue weighted by molar-refractivity contribution is -0.123. The van der Waals surface area contributed by atoms with Crippen LogP contribution < -0.4 is 4.90 Å². The van der Waals surface area contributed by atoms with Crippen LogP contribution in [0.15, 0.2) is 12.1 Å². The van der Waals surface area contributed by atoms with Gasteiger partial charge in [-0.2, -0.15) is 0 Å². The molecule has 2 aromatic rings. The smallest absolute Gasteiger partial charge is 0.231 e. The van der Waals surface area contributed by atoms with E-state index in [0.29, 0.717) is 0 Å². The van der Waals surface area contributed by atoms with Crippen molar-refractivity contribution in [1.82, 2.24) is 9.88 Å². The van der Waals surface area contributed by atoms with Crippen LogP contribution in [-0.2, 0) is 4.79 Å². The molecule has 150 valence electrons. The summed E-state index contributed by atoms with van der Waals surface area (Å²) in [5, 5.41) is 1.54. The van der Waals surface area contributed by atoms with Crippen LogP contribution in [0.2, 0.25) is 5.02 Å². The molecule has 1 aliphatic rings. The molecule has 1 amide bonds. The van der Waals surface area contributed by atoms with E-state index in [0.717, 1.165) is 71.1 Å². The Labute approximate surface area is 177 Å². The van der Waals surface area contributed by atoms with Gasteiger partial charge >= 0.3 is 0 Å². The van der Waals surface area contributed by atoms with E-state index in [-0.39, 0.29) is 24.2 Å². The summed E-state index contributed by atoms with van der Waals surface area (Å²) >= 11 is 7.79. The molecule has 1 heterocycles. The molecule has 0 atom stereocenters. The summed E-state index contributed by atoms with van der Waals surface area (Å²) in [5.41, 5.74) is 2.02. The standard InChI is InChI=1S/C20H28ClN3OS.ClH/c1-14-12-16(21)13-17-18(14)22-20(26-17)24(11-7-10-23(2)3)19(25)15-8-5-4-6-9-15;/h12-13,15H,4-11H2,1-3H3;1H. The van der Waals surface area contributed by atoms with Crippen molar-refractivity contribution in [3.63, 3.8) is 0 Å². The van der Waals surface area contributed by atoms with Crippen molar-refractivity contribution >= 4 is 56.6 Å². The van der Waals surface area contributed by atoms with Gasteiger partial charge in [0.2, 0.25) is 5.91 Å². The molecule has 1 saturated carbocycles. The number of carbonyl (C=O) groups is 1. The predicted molar refractivity (Wildman–Crippen MR) is 119 cm³/mol. The second kappa shape index (κ2) is 10.1. The number of anilines is 1. The van der Waals surface area contributed by atoms with Crippen molar-refractivity contribution in [2.75, 3.05) is 32.1 Å². The number of hydrogen-bond acceptors (Lipinski definition) is 4. The first kappa shape index (κ1) is 22.4. The fraction of sp³-hybridized carbons (Fsp3) is 0.600. The molecule has 0 spiro atoms. The minimum absolute atomic E-state index is 0. The Bertz CT molecular complexity index is 772. The highest BCUT2D eigenvalue weighted by Crippen LogP contribution is 2.35. The zero-order valence-electron chi connectivity index (χ0n) is 16.3. The molecular formula is C20H29Cl2N3OS. The largest absolute Gasteiger partial charge is 0.309 e. The molecule has 1 aromatic carbocycles. The van der Waals surface area contributed by atoms with Gasteiger partial charge in [-0.05, 0) is 64.5 Å². The summed E-state index contributed by atoms with van der Waals surface area (Å²) in [7, 11) is 4.13. The van der Waals surface area contributed by atoms with Crippen molar-refractivity contribution in [3.8, 4) is 0 Å². The molecule has 0 bridgehead atoms. The molecule has 27 heavy (non-hydrogen) atoms. The monoisotopic (exact) mass is 429 g/mol. The lowest BCUT2D eigenvalue weighted by atomic mass is 9.88. The maximum absolute atomic E-state index is 13.3. The summed E-state index contributed by atoms with van der Waals surface area (Å²) in [6.45, 7) is 3.71. The lowest BCUT2D eigenvalue weighted by Gasteiger charge is -2.28. The number of nitrogens with zero attached hydrogens (tertiary/aromatic N) is 3. The van der Waals surface area contributed by atoms with E-state index >= 15 is 0 Å². The second-order valence-corrected chi connectivity index (χ2v) is 8.99. The van der Waals surface area contributed by atoms with Gasteiger partial charge in [0.05, 0.1) is 10.2 Å². The van der Waals surface area contributed by atoms with Gasteiger partial charge in [0.25, 0.3) is 0 Å². The molecule has 0 aliphatic heterocycles. The van der Waals surface area contributed by atoms with Crippen molar-refractivity contribution in [2.45, 2.75) is 45.4 Å². The molecule has 1 aromatic heterocycles. The molecule has 0 saturated heterocycles. The fourth-order valence-corrected chi connectivity index (χ4v) is 5.12. The Morgan fingerprint density at radius 3 is 2.59 bits per heavy atom. The maximum Gasteiger partial charge on any atom is 0.231 e. The highest BCUT2D eigenvalue weighted by atomic mass is 35.5. The van der Waals surface area contributed by atoms with Gasteiger partial charge in [-0.1, -0.05) is 42.2 Å². The number of aryl methyl sites for hydroxylation is 1. The number of carbonyl (C=O) groups excluding carboxylic acids is 1. The van der Waals surface area contributed by atoms with Crippen molar-refractivity contribution < 1.29 is 4.79 Å². The van der Waals surface area contributed by atoms with E-state index < -0.39 is 0 Å². The van der Waals surface area contributed by atoms with Gasteiger partial charge in [-0.3, -0.25) is 9.69 Å². The first-order valence-electron chi connectivity index (χ1n) is 9.48. The third-order valence-corrected chi connectivity index (χ3v) is 6.32. The van der Waals surface area contributed by atoms with Crippen LogP contribution in [-0.4, -0.2) is 43.0 Å². The summed E-state index contributed by atoms with van der Waals surface area (Å²) < 4.78 is 1.05. The van der Waals surface area contributed by atoms with Crippen molar-refractivity contribution in [3.05, 3.63) is 22.7 Å². The Kier molecular flexibility index (Phi) is 8.35. The zero-order valence-corrected chi connectivity index (χ0v) is 18.7. The molecule has 7 heteroatoms. The Balaban J connectivity index is 0.00000261. The molecule has 0 radical (unpaired) electrons. The van der Waals surface area contributed by atoms with Gasteiger partial charge in [-0.15, -0.1) is 12.4 Å². The Hall–Kier alpha value is -0.880. The van der Waals surface area contributed by atoms with Gasteiger partial charge in [-0.25, -0.2) is 4.98 Å². The van der Waals surface area contributed by atoms with E-state index in [1.807, 2.05) is 24.0 Å². The third-order valence-electron chi connectivity index (χ3n) is 5.08. The van der Waals surface area contributed by atoms with Gasteiger partial charge < -0.3 is 4.90 Å². The minimum atomic E-state index is 0. The summed E-state index contributed by atoms with van der Waals surface area (Å²) in [6, 6.07) is 3.89. The number of thiazole rings is 1. The van der Waals surface area contributed by atoms with E-state index in [9.17, 15) is 4.79 Å². The average molecular weight is 430 g/mol. The van der Waals surface area contributed by atoms with Gasteiger partial charge in [0.15, 0.2) is 5.13 Å². The average Bonchev–Trinajstić information content (AvgIpc) is 3.02. The summed E-state index contributed by atoms with van der Waals surface area (Å²) in [4.78, 5) is 22.2. The van der Waals surface area contributed by atoms with E-state index in [1.54, 1.807) is 11.3 Å². The Morgan fingerprint density at radius 2 is 1.93 bits per heavy atom. The SMILES string of the molecule is Cc1cc(Cl)cc2sc(N(CCCN(C)C)C(=O)C3CCCCC3)nc12.Cl. The van der Waals surface area contributed by atoms with Crippen molar-refractivity contribution in [2.24, 2.45) is 5.92 Å². The highest BCUT2D eigenvalue weighted by Gasteiger charge is 2.28. The Morgan fingerprint density at radius 1 is 1.22 bits per heavy atom. The number of hydrogen-bond donors (Lipinski definition) is 0. The van der Waals surface area contributed by atoms with Crippen LogP contribution in [0.1, 0.15) is 44.1 Å². The number of aromatic nitrogens is 1. The molecule has 0 N–H and O–H groups in total. The molecule has 1 aliphatic carbocycles. The van der Waals surface area contributed by atoms with Crippen LogP contribution in [0, 0.1) is 12.8 Å². The second-order valence-electron chi connectivity index (χ2n) is 7.55. The fourth-order valence-electron chi connectivity index (χ4n) is 3.67. The predicted octanol–water partition coefficient (Wildman–Crippen LogP) is 5.54. The zero-order chi connectivity index (χ0) is 18.7. The number of amides is 1. The molecule has 1 fully saturated rings. The first-order valence-corrected chi connectivity index (χ1v) is 10.7. The van der Waals surface area contributed by atoms with E-state index in [4.69, 9.17) is 16.6 Å². The van der Waals surface area contributed by atoms with Crippen LogP contribution in [0.5, 0.6) is 0 Å². The quantitative estimate of drug-likeness (QED) is 0.603. The summed E-state index contributed by atoms with van der Waals surface area (Å²) in [6.07, 6.45) is 6.55. The van der Waals surface area contributed by atoms with Crippen LogP contribution in [0.3, 0.4) is 0 Å². The third kappa shape index (κ3) is 5.57. The first-order chi connectivity index (χ1) is 12.5. The van der Waals surface area contributed by atoms with Crippen molar-refractivity contribution in [1.29, 1.82) is 0 Å². The molecular weight excluding hydrogens is 401 g/mol. The van der Waals surface area contributed by atoms with E-state index in [2.05, 4.69) is 19.0 Å². The number of benzene rings is 1.